The number of hydrogen-bond acceptors (Lipinski definition) is 2. The first-order valence-electron chi connectivity index (χ1n) is 6.92. The summed E-state index contributed by atoms with van der Waals surface area (Å²) in [6.45, 7) is 7.91. The van der Waals surface area contributed by atoms with E-state index in [0.717, 1.165) is 12.5 Å². The predicted molar refractivity (Wildman–Crippen MR) is 67.3 cm³/mol. The molecule has 1 aliphatic carbocycles. The third-order valence-electron chi connectivity index (χ3n) is 4.78. The molecule has 0 bridgehead atoms. The number of aliphatic hydroxyl groups is 1. The van der Waals surface area contributed by atoms with E-state index in [1.807, 2.05) is 0 Å². The van der Waals surface area contributed by atoms with Crippen molar-refractivity contribution in [2.24, 2.45) is 17.3 Å². The summed E-state index contributed by atoms with van der Waals surface area (Å²) in [7, 11) is 0. The Kier molecular flexibility index (Phi) is 3.60. The lowest BCUT2D eigenvalue weighted by Crippen LogP contribution is -2.52. The Labute approximate surface area is 99.8 Å². The molecule has 94 valence electrons. The first-order valence-corrected chi connectivity index (χ1v) is 6.92. The standard InChI is InChI=1S/C14H27NO/c1-10-6-8-15-12(9-10)11-5-4-7-14(2,3)13(11)16/h10-13,15-16H,4-9H2,1-3H3. The monoisotopic (exact) mass is 225 g/mol. The number of piperidine rings is 1. The topological polar surface area (TPSA) is 32.3 Å². The lowest BCUT2D eigenvalue weighted by molar-refractivity contribution is -0.0502. The van der Waals surface area contributed by atoms with Crippen LogP contribution >= 0.6 is 0 Å². The predicted octanol–water partition coefficient (Wildman–Crippen LogP) is 2.56. The van der Waals surface area contributed by atoms with E-state index < -0.39 is 0 Å². The first-order chi connectivity index (χ1) is 7.50. The maximum atomic E-state index is 10.5. The molecule has 0 aromatic carbocycles. The van der Waals surface area contributed by atoms with Gasteiger partial charge in [0.2, 0.25) is 0 Å². The molecule has 2 N–H and O–H groups in total. The summed E-state index contributed by atoms with van der Waals surface area (Å²) in [5.41, 5.74) is 0.116. The van der Waals surface area contributed by atoms with E-state index in [1.165, 1.54) is 32.1 Å². The normalized spacial score (nSPS) is 44.2. The molecule has 1 heterocycles. The summed E-state index contributed by atoms with van der Waals surface area (Å²) in [5, 5.41) is 14.1. The fourth-order valence-electron chi connectivity index (χ4n) is 3.58. The zero-order valence-corrected chi connectivity index (χ0v) is 11.0. The molecule has 1 aliphatic heterocycles. The van der Waals surface area contributed by atoms with Crippen molar-refractivity contribution in [3.05, 3.63) is 0 Å². The van der Waals surface area contributed by atoms with Gasteiger partial charge in [-0.05, 0) is 43.6 Å². The Morgan fingerprint density at radius 1 is 1.25 bits per heavy atom. The third-order valence-corrected chi connectivity index (χ3v) is 4.78. The summed E-state index contributed by atoms with van der Waals surface area (Å²) in [5.74, 6) is 1.30. The maximum absolute atomic E-state index is 10.5. The Morgan fingerprint density at radius 3 is 2.69 bits per heavy atom. The highest BCUT2D eigenvalue weighted by molar-refractivity contribution is 4.95. The molecule has 4 unspecified atom stereocenters. The Bertz CT molecular complexity index is 239. The van der Waals surface area contributed by atoms with Crippen molar-refractivity contribution in [3.63, 3.8) is 0 Å². The number of aliphatic hydroxyl groups excluding tert-OH is 1. The van der Waals surface area contributed by atoms with Gasteiger partial charge in [-0.3, -0.25) is 0 Å². The molecular formula is C14H27NO. The first kappa shape index (κ1) is 12.4. The van der Waals surface area contributed by atoms with Crippen LogP contribution in [0.2, 0.25) is 0 Å². The molecule has 2 nitrogen and oxygen atoms in total. The van der Waals surface area contributed by atoms with E-state index >= 15 is 0 Å². The Morgan fingerprint density at radius 2 is 2.00 bits per heavy atom. The molecule has 16 heavy (non-hydrogen) atoms. The summed E-state index contributed by atoms with van der Waals surface area (Å²) in [4.78, 5) is 0. The van der Waals surface area contributed by atoms with Crippen LogP contribution in [0.5, 0.6) is 0 Å². The van der Waals surface area contributed by atoms with Gasteiger partial charge < -0.3 is 10.4 Å². The highest BCUT2D eigenvalue weighted by Crippen LogP contribution is 2.41. The van der Waals surface area contributed by atoms with E-state index in [1.54, 1.807) is 0 Å². The third kappa shape index (κ3) is 2.43. The van der Waals surface area contributed by atoms with Gasteiger partial charge in [0, 0.05) is 12.0 Å². The second kappa shape index (κ2) is 4.66. The zero-order valence-electron chi connectivity index (χ0n) is 11.0. The summed E-state index contributed by atoms with van der Waals surface area (Å²) < 4.78 is 0. The molecule has 2 rings (SSSR count). The molecule has 2 aliphatic rings. The van der Waals surface area contributed by atoms with Gasteiger partial charge in [-0.25, -0.2) is 0 Å². The highest BCUT2D eigenvalue weighted by Gasteiger charge is 2.41. The summed E-state index contributed by atoms with van der Waals surface area (Å²) >= 11 is 0. The number of nitrogens with one attached hydrogen (secondary N) is 1. The van der Waals surface area contributed by atoms with Gasteiger partial charge in [0.25, 0.3) is 0 Å². The number of hydrogen-bond donors (Lipinski definition) is 2. The molecule has 0 spiro atoms. The van der Waals surface area contributed by atoms with Crippen molar-refractivity contribution in [3.8, 4) is 0 Å². The van der Waals surface area contributed by atoms with Crippen LogP contribution in [-0.2, 0) is 0 Å². The fourth-order valence-corrected chi connectivity index (χ4v) is 3.58. The molecule has 4 atom stereocenters. The van der Waals surface area contributed by atoms with Gasteiger partial charge in [-0.1, -0.05) is 27.2 Å². The van der Waals surface area contributed by atoms with Crippen LogP contribution in [0.15, 0.2) is 0 Å². The molecule has 1 saturated carbocycles. The molecule has 0 amide bonds. The van der Waals surface area contributed by atoms with Gasteiger partial charge in [0.05, 0.1) is 6.10 Å². The number of rotatable bonds is 1. The van der Waals surface area contributed by atoms with Gasteiger partial charge in [-0.2, -0.15) is 0 Å². The molecule has 2 heteroatoms. The van der Waals surface area contributed by atoms with E-state index in [9.17, 15) is 5.11 Å². The Balaban J connectivity index is 2.02. The van der Waals surface area contributed by atoms with Crippen LogP contribution in [0, 0.1) is 17.3 Å². The van der Waals surface area contributed by atoms with Crippen LogP contribution in [0.4, 0.5) is 0 Å². The van der Waals surface area contributed by atoms with Crippen LogP contribution in [0.1, 0.15) is 52.9 Å². The highest BCUT2D eigenvalue weighted by atomic mass is 16.3. The second-order valence-electron chi connectivity index (χ2n) is 6.68. The van der Waals surface area contributed by atoms with Crippen LogP contribution in [0.3, 0.4) is 0 Å². The largest absolute Gasteiger partial charge is 0.392 e. The van der Waals surface area contributed by atoms with Gasteiger partial charge in [-0.15, -0.1) is 0 Å². The van der Waals surface area contributed by atoms with Crippen molar-refractivity contribution in [2.75, 3.05) is 6.54 Å². The SMILES string of the molecule is CC1CCNC(C2CCCC(C)(C)C2O)C1. The average Bonchev–Trinajstić information content (AvgIpc) is 2.22. The Hall–Kier alpha value is -0.0800. The minimum atomic E-state index is -0.121. The van der Waals surface area contributed by atoms with Crippen molar-refractivity contribution in [1.82, 2.24) is 5.32 Å². The van der Waals surface area contributed by atoms with E-state index in [-0.39, 0.29) is 11.5 Å². The molecule has 0 aromatic rings. The van der Waals surface area contributed by atoms with E-state index in [4.69, 9.17) is 0 Å². The molecule has 0 radical (unpaired) electrons. The quantitative estimate of drug-likeness (QED) is 0.719. The van der Waals surface area contributed by atoms with E-state index in [0.29, 0.717) is 12.0 Å². The minimum Gasteiger partial charge on any atom is -0.392 e. The maximum Gasteiger partial charge on any atom is 0.0634 e. The van der Waals surface area contributed by atoms with Crippen molar-refractivity contribution < 1.29 is 5.11 Å². The molecule has 0 aromatic heterocycles. The molecule has 2 fully saturated rings. The lowest BCUT2D eigenvalue weighted by atomic mass is 9.66. The second-order valence-corrected chi connectivity index (χ2v) is 6.68. The fraction of sp³-hybridized carbons (Fsp3) is 1.00. The smallest absolute Gasteiger partial charge is 0.0634 e. The van der Waals surface area contributed by atoms with E-state index in [2.05, 4.69) is 26.1 Å². The van der Waals surface area contributed by atoms with Crippen molar-refractivity contribution >= 4 is 0 Å². The minimum absolute atomic E-state index is 0.116. The lowest BCUT2D eigenvalue weighted by Gasteiger charge is -2.46. The summed E-state index contributed by atoms with van der Waals surface area (Å²) in [6, 6.07) is 0.554. The van der Waals surface area contributed by atoms with Crippen LogP contribution < -0.4 is 5.32 Å². The molecular weight excluding hydrogens is 198 g/mol. The van der Waals surface area contributed by atoms with Gasteiger partial charge >= 0.3 is 0 Å². The summed E-state index contributed by atoms with van der Waals surface area (Å²) in [6.07, 6.45) is 6.08. The van der Waals surface area contributed by atoms with Crippen LogP contribution in [-0.4, -0.2) is 23.8 Å². The average molecular weight is 225 g/mol. The van der Waals surface area contributed by atoms with Crippen molar-refractivity contribution in [1.29, 1.82) is 0 Å². The van der Waals surface area contributed by atoms with Crippen molar-refractivity contribution in [2.45, 2.75) is 65.0 Å². The molecule has 1 saturated heterocycles. The van der Waals surface area contributed by atoms with Gasteiger partial charge in [0.15, 0.2) is 0 Å². The van der Waals surface area contributed by atoms with Crippen LogP contribution in [0.25, 0.3) is 0 Å². The van der Waals surface area contributed by atoms with Gasteiger partial charge in [0.1, 0.15) is 0 Å². The zero-order chi connectivity index (χ0) is 11.8.